The van der Waals surface area contributed by atoms with E-state index in [1.165, 1.54) is 5.56 Å². The van der Waals surface area contributed by atoms with E-state index >= 15 is 0 Å². The molecule has 0 saturated carbocycles. The molecule has 1 heterocycles. The number of nitrogens with zero attached hydrogens (tertiary/aromatic N) is 1. The normalized spacial score (nSPS) is 22.9. The van der Waals surface area contributed by atoms with Gasteiger partial charge in [0.25, 0.3) is 0 Å². The Kier molecular flexibility index (Phi) is 5.01. The summed E-state index contributed by atoms with van der Waals surface area (Å²) in [6, 6.07) is 8.28. The highest BCUT2D eigenvalue weighted by atomic mass is 35.5. The van der Waals surface area contributed by atoms with Crippen molar-refractivity contribution in [3.05, 3.63) is 34.9 Å². The standard InChI is InChI=1S/C14H21ClN2O/c1-11(12-4-3-5-13(15)8-12)16-9-14-10-17(2)6-7-18-14/h3-5,8,11,14,16H,6-7,9-10H2,1-2H3. The minimum Gasteiger partial charge on any atom is -0.374 e. The largest absolute Gasteiger partial charge is 0.374 e. The molecule has 0 bridgehead atoms. The Bertz CT molecular complexity index is 386. The lowest BCUT2D eigenvalue weighted by molar-refractivity contribution is -0.0190. The van der Waals surface area contributed by atoms with Crippen LogP contribution < -0.4 is 5.32 Å². The fourth-order valence-corrected chi connectivity index (χ4v) is 2.39. The summed E-state index contributed by atoms with van der Waals surface area (Å²) in [5.74, 6) is 0. The van der Waals surface area contributed by atoms with E-state index in [0.29, 0.717) is 6.04 Å². The number of nitrogens with one attached hydrogen (secondary N) is 1. The predicted octanol–water partition coefficient (Wildman–Crippen LogP) is 2.32. The molecule has 3 nitrogen and oxygen atoms in total. The molecule has 1 N–H and O–H groups in total. The van der Waals surface area contributed by atoms with E-state index < -0.39 is 0 Å². The quantitative estimate of drug-likeness (QED) is 0.907. The van der Waals surface area contributed by atoms with Crippen LogP contribution in [0.25, 0.3) is 0 Å². The number of ether oxygens (including phenoxy) is 1. The van der Waals surface area contributed by atoms with Gasteiger partial charge in [0.1, 0.15) is 0 Å². The van der Waals surface area contributed by atoms with Crippen LogP contribution in [-0.2, 0) is 4.74 Å². The van der Waals surface area contributed by atoms with Gasteiger partial charge in [-0.05, 0) is 31.7 Å². The average molecular weight is 269 g/mol. The predicted molar refractivity (Wildman–Crippen MR) is 75.1 cm³/mol. The molecule has 100 valence electrons. The number of halogens is 1. The van der Waals surface area contributed by atoms with Gasteiger partial charge in [-0.25, -0.2) is 0 Å². The molecule has 2 unspecified atom stereocenters. The van der Waals surface area contributed by atoms with Crippen molar-refractivity contribution in [3.8, 4) is 0 Å². The first-order valence-electron chi connectivity index (χ1n) is 6.44. The SMILES string of the molecule is CC(NCC1CN(C)CCO1)c1cccc(Cl)c1. The third-order valence-electron chi connectivity index (χ3n) is 3.34. The highest BCUT2D eigenvalue weighted by molar-refractivity contribution is 6.30. The van der Waals surface area contributed by atoms with Crippen molar-refractivity contribution in [2.24, 2.45) is 0 Å². The first-order valence-corrected chi connectivity index (χ1v) is 6.82. The lowest BCUT2D eigenvalue weighted by Crippen LogP contribution is -2.45. The van der Waals surface area contributed by atoms with Crippen molar-refractivity contribution in [1.82, 2.24) is 10.2 Å². The van der Waals surface area contributed by atoms with Gasteiger partial charge in [-0.1, -0.05) is 23.7 Å². The second kappa shape index (κ2) is 6.53. The Morgan fingerprint density at radius 3 is 3.11 bits per heavy atom. The summed E-state index contributed by atoms with van der Waals surface area (Å²) in [5.41, 5.74) is 1.21. The Hall–Kier alpha value is -0.610. The van der Waals surface area contributed by atoms with Crippen molar-refractivity contribution in [2.75, 3.05) is 33.3 Å². The fourth-order valence-electron chi connectivity index (χ4n) is 2.19. The number of rotatable bonds is 4. The zero-order valence-corrected chi connectivity index (χ0v) is 11.8. The number of likely N-dealkylation sites (N-methyl/N-ethyl adjacent to an activating group) is 1. The van der Waals surface area contributed by atoms with Crippen LogP contribution in [0.1, 0.15) is 18.5 Å². The Morgan fingerprint density at radius 1 is 1.56 bits per heavy atom. The highest BCUT2D eigenvalue weighted by Crippen LogP contribution is 2.17. The molecule has 1 aliphatic rings. The Labute approximate surface area is 114 Å². The smallest absolute Gasteiger partial charge is 0.0826 e. The summed E-state index contributed by atoms with van der Waals surface area (Å²) in [4.78, 5) is 2.31. The van der Waals surface area contributed by atoms with E-state index in [4.69, 9.17) is 16.3 Å². The number of morpholine rings is 1. The molecule has 4 heteroatoms. The summed E-state index contributed by atoms with van der Waals surface area (Å²) in [6.07, 6.45) is 0.283. The molecule has 1 aliphatic heterocycles. The third-order valence-corrected chi connectivity index (χ3v) is 3.58. The molecule has 1 saturated heterocycles. The van der Waals surface area contributed by atoms with Crippen molar-refractivity contribution >= 4 is 11.6 Å². The lowest BCUT2D eigenvalue weighted by atomic mass is 10.1. The van der Waals surface area contributed by atoms with Crippen LogP contribution in [0.2, 0.25) is 5.02 Å². The van der Waals surface area contributed by atoms with Gasteiger partial charge in [0.2, 0.25) is 0 Å². The molecule has 1 fully saturated rings. The van der Waals surface area contributed by atoms with Gasteiger partial charge in [-0.2, -0.15) is 0 Å². The summed E-state index contributed by atoms with van der Waals surface area (Å²) >= 11 is 6.00. The average Bonchev–Trinajstić information content (AvgIpc) is 2.36. The van der Waals surface area contributed by atoms with E-state index in [0.717, 1.165) is 31.3 Å². The van der Waals surface area contributed by atoms with Gasteiger partial charge in [0.05, 0.1) is 12.7 Å². The second-order valence-corrected chi connectivity index (χ2v) is 5.38. The molecule has 0 radical (unpaired) electrons. The first-order chi connectivity index (χ1) is 8.65. The molecule has 18 heavy (non-hydrogen) atoms. The molecule has 2 rings (SSSR count). The fraction of sp³-hybridized carbons (Fsp3) is 0.571. The van der Waals surface area contributed by atoms with Crippen LogP contribution in [0.3, 0.4) is 0 Å². The zero-order valence-electron chi connectivity index (χ0n) is 11.0. The van der Waals surface area contributed by atoms with Crippen molar-refractivity contribution < 1.29 is 4.74 Å². The molecule has 2 atom stereocenters. The van der Waals surface area contributed by atoms with Crippen LogP contribution >= 0.6 is 11.6 Å². The van der Waals surface area contributed by atoms with E-state index in [-0.39, 0.29) is 6.10 Å². The molecular formula is C14H21ClN2O. The molecule has 1 aromatic carbocycles. The summed E-state index contributed by atoms with van der Waals surface area (Å²) in [6.45, 7) is 5.88. The van der Waals surface area contributed by atoms with Gasteiger partial charge in [0, 0.05) is 30.7 Å². The minimum absolute atomic E-state index is 0.283. The Morgan fingerprint density at radius 2 is 2.39 bits per heavy atom. The molecule has 0 aliphatic carbocycles. The van der Waals surface area contributed by atoms with Crippen molar-refractivity contribution in [3.63, 3.8) is 0 Å². The maximum Gasteiger partial charge on any atom is 0.0826 e. The van der Waals surface area contributed by atoms with Gasteiger partial charge >= 0.3 is 0 Å². The summed E-state index contributed by atoms with van der Waals surface area (Å²) < 4.78 is 5.73. The maximum absolute atomic E-state index is 6.00. The van der Waals surface area contributed by atoms with E-state index in [2.05, 4.69) is 30.3 Å². The minimum atomic E-state index is 0.283. The number of hydrogen-bond acceptors (Lipinski definition) is 3. The molecule has 0 spiro atoms. The van der Waals surface area contributed by atoms with Gasteiger partial charge in [-0.15, -0.1) is 0 Å². The first kappa shape index (κ1) is 13.8. The Balaban J connectivity index is 1.82. The van der Waals surface area contributed by atoms with Crippen LogP contribution in [-0.4, -0.2) is 44.3 Å². The summed E-state index contributed by atoms with van der Waals surface area (Å²) in [5, 5.41) is 4.29. The summed E-state index contributed by atoms with van der Waals surface area (Å²) in [7, 11) is 2.13. The van der Waals surface area contributed by atoms with Gasteiger partial charge < -0.3 is 15.0 Å². The van der Waals surface area contributed by atoms with Crippen molar-refractivity contribution in [1.29, 1.82) is 0 Å². The number of hydrogen-bond donors (Lipinski definition) is 1. The van der Waals surface area contributed by atoms with Crippen LogP contribution in [0.5, 0.6) is 0 Å². The number of benzene rings is 1. The molecule has 0 aromatic heterocycles. The highest BCUT2D eigenvalue weighted by Gasteiger charge is 2.18. The third kappa shape index (κ3) is 3.95. The maximum atomic E-state index is 6.00. The topological polar surface area (TPSA) is 24.5 Å². The van der Waals surface area contributed by atoms with Crippen molar-refractivity contribution in [2.45, 2.75) is 19.1 Å². The zero-order chi connectivity index (χ0) is 13.0. The molecule has 1 aromatic rings. The van der Waals surface area contributed by atoms with Crippen LogP contribution in [0.15, 0.2) is 24.3 Å². The second-order valence-electron chi connectivity index (χ2n) is 4.94. The van der Waals surface area contributed by atoms with E-state index in [1.54, 1.807) is 0 Å². The van der Waals surface area contributed by atoms with Crippen LogP contribution in [0.4, 0.5) is 0 Å². The van der Waals surface area contributed by atoms with Gasteiger partial charge in [-0.3, -0.25) is 0 Å². The van der Waals surface area contributed by atoms with E-state index in [9.17, 15) is 0 Å². The monoisotopic (exact) mass is 268 g/mol. The van der Waals surface area contributed by atoms with Gasteiger partial charge in [0.15, 0.2) is 0 Å². The van der Waals surface area contributed by atoms with Crippen LogP contribution in [0, 0.1) is 0 Å². The molecule has 0 amide bonds. The molecular weight excluding hydrogens is 248 g/mol. The van der Waals surface area contributed by atoms with E-state index in [1.807, 2.05) is 18.2 Å². The lowest BCUT2D eigenvalue weighted by Gasteiger charge is -2.31.